The van der Waals surface area contributed by atoms with Crippen molar-refractivity contribution in [3.05, 3.63) is 83.3 Å². The molecule has 0 N–H and O–H groups in total. The highest BCUT2D eigenvalue weighted by atomic mass is 16.5. The molecule has 0 saturated heterocycles. The number of nitrogens with zero attached hydrogens (tertiary/aromatic N) is 1. The van der Waals surface area contributed by atoms with Gasteiger partial charge in [-0.1, -0.05) is 48.5 Å². The molecule has 0 bridgehead atoms. The van der Waals surface area contributed by atoms with Crippen molar-refractivity contribution in [3.63, 3.8) is 0 Å². The van der Waals surface area contributed by atoms with Gasteiger partial charge in [0.15, 0.2) is 0 Å². The molecule has 3 rings (SSSR count). The van der Waals surface area contributed by atoms with E-state index in [0.717, 1.165) is 28.1 Å². The molecule has 1 aromatic heterocycles. The molecule has 0 aliphatic heterocycles. The number of hydrogen-bond donors (Lipinski definition) is 0. The van der Waals surface area contributed by atoms with E-state index in [1.54, 1.807) is 13.0 Å². The van der Waals surface area contributed by atoms with Gasteiger partial charge in [-0.2, -0.15) is 0 Å². The van der Waals surface area contributed by atoms with E-state index in [1.807, 2.05) is 73.7 Å². The van der Waals surface area contributed by atoms with Gasteiger partial charge in [-0.25, -0.2) is 9.78 Å². The summed E-state index contributed by atoms with van der Waals surface area (Å²) >= 11 is 0. The summed E-state index contributed by atoms with van der Waals surface area (Å²) in [4.78, 5) is 15.9. The van der Waals surface area contributed by atoms with Gasteiger partial charge in [-0.05, 0) is 49.3 Å². The van der Waals surface area contributed by atoms with Crippen LogP contribution < -0.4 is 0 Å². The molecular formula is C23H21NO3. The van der Waals surface area contributed by atoms with E-state index in [2.05, 4.69) is 4.98 Å². The standard InChI is InChI=1S/C23H21NO3/c1-3-26-22(25)16-14-19-11-9-18(10-12-19)13-15-21-17(2)27-23(24-21)20-7-5-4-6-8-20/h4-16H,3H2,1-2H3/b15-13+,16-14?. The Kier molecular flexibility index (Phi) is 6.00. The van der Waals surface area contributed by atoms with Crippen LogP contribution in [0.15, 0.2) is 65.1 Å². The smallest absolute Gasteiger partial charge is 0.330 e. The normalized spacial score (nSPS) is 11.3. The maximum absolute atomic E-state index is 11.3. The van der Waals surface area contributed by atoms with Crippen molar-refractivity contribution < 1.29 is 13.9 Å². The molecule has 1 heterocycles. The summed E-state index contributed by atoms with van der Waals surface area (Å²) in [7, 11) is 0. The van der Waals surface area contributed by atoms with E-state index in [1.165, 1.54) is 6.08 Å². The molecule has 0 fully saturated rings. The topological polar surface area (TPSA) is 52.3 Å². The third-order valence-electron chi connectivity index (χ3n) is 3.92. The van der Waals surface area contributed by atoms with E-state index >= 15 is 0 Å². The number of oxazole rings is 1. The lowest BCUT2D eigenvalue weighted by Gasteiger charge is -1.97. The molecule has 4 nitrogen and oxygen atoms in total. The summed E-state index contributed by atoms with van der Waals surface area (Å²) in [5.74, 6) is 1.06. The van der Waals surface area contributed by atoms with Crippen LogP contribution in [-0.2, 0) is 9.53 Å². The predicted molar refractivity (Wildman–Crippen MR) is 108 cm³/mol. The SMILES string of the molecule is CCOC(=O)C=Cc1ccc(/C=C/c2nc(-c3ccccc3)oc2C)cc1. The maximum atomic E-state index is 11.3. The van der Waals surface area contributed by atoms with Gasteiger partial charge < -0.3 is 9.15 Å². The molecule has 0 spiro atoms. The highest BCUT2D eigenvalue weighted by molar-refractivity contribution is 5.87. The Balaban J connectivity index is 1.69. The van der Waals surface area contributed by atoms with E-state index in [9.17, 15) is 4.79 Å². The average molecular weight is 359 g/mol. The lowest BCUT2D eigenvalue weighted by molar-refractivity contribution is -0.137. The van der Waals surface area contributed by atoms with Gasteiger partial charge in [-0.3, -0.25) is 0 Å². The van der Waals surface area contributed by atoms with Crippen LogP contribution in [0.25, 0.3) is 29.7 Å². The monoisotopic (exact) mass is 359 g/mol. The van der Waals surface area contributed by atoms with Gasteiger partial charge in [0, 0.05) is 11.6 Å². The highest BCUT2D eigenvalue weighted by Crippen LogP contribution is 2.22. The lowest BCUT2D eigenvalue weighted by Crippen LogP contribution is -1.98. The summed E-state index contributed by atoms with van der Waals surface area (Å²) in [6.07, 6.45) is 7.09. The molecular weight excluding hydrogens is 338 g/mol. The molecule has 0 aliphatic carbocycles. The van der Waals surface area contributed by atoms with Crippen molar-refractivity contribution in [2.24, 2.45) is 0 Å². The number of aromatic nitrogens is 1. The predicted octanol–water partition coefficient (Wildman–Crippen LogP) is 5.40. The first kappa shape index (κ1) is 18.4. The van der Waals surface area contributed by atoms with Crippen molar-refractivity contribution >= 4 is 24.2 Å². The first-order valence-electron chi connectivity index (χ1n) is 8.81. The number of carbonyl (C=O) groups is 1. The number of aryl methyl sites for hydroxylation is 1. The summed E-state index contributed by atoms with van der Waals surface area (Å²) in [5.41, 5.74) is 3.73. The molecule has 27 heavy (non-hydrogen) atoms. The number of hydrogen-bond acceptors (Lipinski definition) is 4. The van der Waals surface area contributed by atoms with Crippen molar-refractivity contribution in [1.29, 1.82) is 0 Å². The second kappa shape index (κ2) is 8.81. The van der Waals surface area contributed by atoms with Crippen LogP contribution in [0.3, 0.4) is 0 Å². The molecule has 0 amide bonds. The van der Waals surface area contributed by atoms with Crippen LogP contribution >= 0.6 is 0 Å². The van der Waals surface area contributed by atoms with Crippen LogP contribution in [0, 0.1) is 6.92 Å². The van der Waals surface area contributed by atoms with E-state index < -0.39 is 0 Å². The molecule has 136 valence electrons. The zero-order valence-corrected chi connectivity index (χ0v) is 15.4. The maximum Gasteiger partial charge on any atom is 0.330 e. The Morgan fingerprint density at radius 1 is 1.00 bits per heavy atom. The Bertz CT molecular complexity index is 951. The Labute approximate surface area is 158 Å². The zero-order valence-electron chi connectivity index (χ0n) is 15.4. The number of benzene rings is 2. The lowest BCUT2D eigenvalue weighted by atomic mass is 10.1. The third-order valence-corrected chi connectivity index (χ3v) is 3.92. The van der Waals surface area contributed by atoms with E-state index in [4.69, 9.17) is 9.15 Å². The highest BCUT2D eigenvalue weighted by Gasteiger charge is 2.08. The average Bonchev–Trinajstić information content (AvgIpc) is 3.07. The largest absolute Gasteiger partial charge is 0.463 e. The fourth-order valence-electron chi connectivity index (χ4n) is 2.52. The minimum Gasteiger partial charge on any atom is -0.463 e. The fourth-order valence-corrected chi connectivity index (χ4v) is 2.52. The van der Waals surface area contributed by atoms with Crippen LogP contribution in [0.4, 0.5) is 0 Å². The molecule has 0 atom stereocenters. The summed E-state index contributed by atoms with van der Waals surface area (Å²) in [6, 6.07) is 17.7. The molecule has 0 unspecified atom stereocenters. The Hall–Kier alpha value is -3.40. The van der Waals surface area contributed by atoms with Crippen molar-refractivity contribution in [2.75, 3.05) is 6.61 Å². The van der Waals surface area contributed by atoms with E-state index in [-0.39, 0.29) is 5.97 Å². The fraction of sp³-hybridized carbons (Fsp3) is 0.130. The summed E-state index contributed by atoms with van der Waals surface area (Å²) < 4.78 is 10.6. The van der Waals surface area contributed by atoms with Gasteiger partial charge in [0.2, 0.25) is 5.89 Å². The Morgan fingerprint density at radius 2 is 1.67 bits per heavy atom. The van der Waals surface area contributed by atoms with Crippen molar-refractivity contribution in [3.8, 4) is 11.5 Å². The molecule has 3 aromatic rings. The quantitative estimate of drug-likeness (QED) is 0.437. The number of ether oxygens (including phenoxy) is 1. The molecule has 2 aromatic carbocycles. The van der Waals surface area contributed by atoms with Gasteiger partial charge in [0.1, 0.15) is 11.5 Å². The first-order valence-corrected chi connectivity index (χ1v) is 8.81. The first-order chi connectivity index (χ1) is 13.2. The van der Waals surface area contributed by atoms with Gasteiger partial charge in [0.25, 0.3) is 0 Å². The minimum atomic E-state index is -0.336. The van der Waals surface area contributed by atoms with E-state index in [0.29, 0.717) is 12.5 Å². The molecule has 0 radical (unpaired) electrons. The van der Waals surface area contributed by atoms with Crippen LogP contribution in [0.1, 0.15) is 29.5 Å². The van der Waals surface area contributed by atoms with Gasteiger partial charge in [0.05, 0.1) is 6.61 Å². The van der Waals surface area contributed by atoms with Crippen molar-refractivity contribution in [2.45, 2.75) is 13.8 Å². The molecule has 4 heteroatoms. The number of esters is 1. The minimum absolute atomic E-state index is 0.336. The van der Waals surface area contributed by atoms with Crippen LogP contribution in [-0.4, -0.2) is 17.6 Å². The van der Waals surface area contributed by atoms with Gasteiger partial charge in [-0.15, -0.1) is 0 Å². The number of carbonyl (C=O) groups excluding carboxylic acids is 1. The van der Waals surface area contributed by atoms with Crippen LogP contribution in [0.5, 0.6) is 0 Å². The number of rotatable bonds is 6. The second-order valence-corrected chi connectivity index (χ2v) is 5.91. The second-order valence-electron chi connectivity index (χ2n) is 5.91. The summed E-state index contributed by atoms with van der Waals surface area (Å²) in [5, 5.41) is 0. The molecule has 0 aliphatic rings. The van der Waals surface area contributed by atoms with Gasteiger partial charge >= 0.3 is 5.97 Å². The van der Waals surface area contributed by atoms with Crippen LogP contribution in [0.2, 0.25) is 0 Å². The summed E-state index contributed by atoms with van der Waals surface area (Å²) in [6.45, 7) is 4.06. The Morgan fingerprint density at radius 3 is 2.33 bits per heavy atom. The van der Waals surface area contributed by atoms with Crippen molar-refractivity contribution in [1.82, 2.24) is 4.98 Å². The third kappa shape index (κ3) is 5.05. The zero-order chi connectivity index (χ0) is 19.1. The molecule has 0 saturated carbocycles.